The van der Waals surface area contributed by atoms with Crippen molar-refractivity contribution in [3.63, 3.8) is 0 Å². The van der Waals surface area contributed by atoms with Gasteiger partial charge in [0.05, 0.1) is 13.2 Å². The van der Waals surface area contributed by atoms with Crippen molar-refractivity contribution in [2.45, 2.75) is 6.92 Å². The summed E-state index contributed by atoms with van der Waals surface area (Å²) in [5.74, 6) is 0.000556. The highest BCUT2D eigenvalue weighted by molar-refractivity contribution is 5.91. The van der Waals surface area contributed by atoms with E-state index in [2.05, 4.69) is 4.98 Å². The number of aromatic nitrogens is 2. The molecule has 0 aromatic carbocycles. The van der Waals surface area contributed by atoms with Gasteiger partial charge in [0.2, 0.25) is 11.5 Å². The van der Waals surface area contributed by atoms with Gasteiger partial charge in [0, 0.05) is 13.0 Å². The van der Waals surface area contributed by atoms with Gasteiger partial charge in [-0.15, -0.1) is 0 Å². The van der Waals surface area contributed by atoms with Crippen molar-refractivity contribution in [3.8, 4) is 0 Å². The number of aryl methyl sites for hydroxylation is 1. The van der Waals surface area contributed by atoms with Crippen molar-refractivity contribution in [2.24, 2.45) is 7.05 Å². The van der Waals surface area contributed by atoms with Gasteiger partial charge in [-0.2, -0.15) is 0 Å². The number of ketones is 1. The lowest BCUT2D eigenvalue weighted by molar-refractivity contribution is -0.674. The number of hydrogen-bond acceptors (Lipinski definition) is 2. The van der Waals surface area contributed by atoms with E-state index in [4.69, 9.17) is 0 Å². The lowest BCUT2D eigenvalue weighted by Gasteiger charge is -1.86. The molecule has 0 unspecified atom stereocenters. The Kier molecular flexibility index (Phi) is 1.76. The largest absolute Gasteiger partial charge is 0.290 e. The van der Waals surface area contributed by atoms with E-state index in [1.807, 2.05) is 7.05 Å². The first kappa shape index (κ1) is 6.86. The SMILES string of the molecule is CC(=O)c1cc[n+](C)cn1. The molecule has 52 valence electrons. The molecule has 1 aromatic heterocycles. The molecule has 0 saturated carbocycles. The standard InChI is InChI=1S/C7H9N2O/c1-6(10)7-3-4-9(2)5-8-7/h3-5H,1-2H3/q+1. The van der Waals surface area contributed by atoms with Crippen molar-refractivity contribution < 1.29 is 9.36 Å². The zero-order valence-electron chi connectivity index (χ0n) is 6.03. The molecular weight excluding hydrogens is 128 g/mol. The van der Waals surface area contributed by atoms with Gasteiger partial charge < -0.3 is 0 Å². The summed E-state index contributed by atoms with van der Waals surface area (Å²) < 4.78 is 1.78. The highest BCUT2D eigenvalue weighted by Gasteiger charge is 2.04. The molecule has 0 N–H and O–H groups in total. The molecule has 0 aliphatic heterocycles. The van der Waals surface area contributed by atoms with Crippen LogP contribution in [0.15, 0.2) is 18.6 Å². The number of carbonyl (C=O) groups is 1. The Morgan fingerprint density at radius 2 is 2.40 bits per heavy atom. The maximum absolute atomic E-state index is 10.7. The fourth-order valence-electron chi connectivity index (χ4n) is 0.631. The third-order valence-corrected chi connectivity index (χ3v) is 1.21. The normalized spacial score (nSPS) is 9.40. The van der Waals surface area contributed by atoms with Gasteiger partial charge in [0.1, 0.15) is 0 Å². The average Bonchev–Trinajstić information content (AvgIpc) is 1.88. The lowest BCUT2D eigenvalue weighted by atomic mass is 10.3. The predicted octanol–water partition coefficient (Wildman–Crippen LogP) is 0.109. The third-order valence-electron chi connectivity index (χ3n) is 1.21. The zero-order chi connectivity index (χ0) is 7.56. The second-order valence-corrected chi connectivity index (χ2v) is 2.17. The average molecular weight is 137 g/mol. The van der Waals surface area contributed by atoms with E-state index in [0.29, 0.717) is 5.69 Å². The Balaban J connectivity index is 3.00. The van der Waals surface area contributed by atoms with Crippen LogP contribution < -0.4 is 4.57 Å². The second-order valence-electron chi connectivity index (χ2n) is 2.17. The van der Waals surface area contributed by atoms with E-state index in [9.17, 15) is 4.79 Å². The van der Waals surface area contributed by atoms with Crippen molar-refractivity contribution in [1.82, 2.24) is 4.98 Å². The van der Waals surface area contributed by atoms with Crippen LogP contribution in [0.3, 0.4) is 0 Å². The van der Waals surface area contributed by atoms with E-state index in [1.165, 1.54) is 6.92 Å². The van der Waals surface area contributed by atoms with Gasteiger partial charge in [0.25, 0.3) is 6.33 Å². The molecule has 0 amide bonds. The molecule has 0 aliphatic rings. The fraction of sp³-hybridized carbons (Fsp3) is 0.286. The van der Waals surface area contributed by atoms with Crippen molar-refractivity contribution in [1.29, 1.82) is 0 Å². The van der Waals surface area contributed by atoms with Crippen LogP contribution in [0.5, 0.6) is 0 Å². The molecule has 1 aromatic rings. The Morgan fingerprint density at radius 1 is 1.70 bits per heavy atom. The Labute approximate surface area is 59.3 Å². The quantitative estimate of drug-likeness (QED) is 0.406. The minimum absolute atomic E-state index is 0.000556. The van der Waals surface area contributed by atoms with Crippen LogP contribution in [-0.4, -0.2) is 10.8 Å². The first-order valence-corrected chi connectivity index (χ1v) is 3.02. The van der Waals surface area contributed by atoms with Gasteiger partial charge in [-0.05, 0) is 4.98 Å². The Hall–Kier alpha value is -1.25. The van der Waals surface area contributed by atoms with Crippen molar-refractivity contribution in [2.75, 3.05) is 0 Å². The monoisotopic (exact) mass is 137 g/mol. The topological polar surface area (TPSA) is 33.8 Å². The van der Waals surface area contributed by atoms with Crippen LogP contribution in [0.2, 0.25) is 0 Å². The number of rotatable bonds is 1. The molecule has 0 atom stereocenters. The number of Topliss-reactive ketones (excluding diaryl/α,β-unsaturated/α-hetero) is 1. The maximum atomic E-state index is 10.7. The van der Waals surface area contributed by atoms with Crippen LogP contribution >= 0.6 is 0 Å². The summed E-state index contributed by atoms with van der Waals surface area (Å²) in [5, 5.41) is 0. The zero-order valence-corrected chi connectivity index (χ0v) is 6.03. The minimum Gasteiger partial charge on any atom is -0.290 e. The molecule has 0 spiro atoms. The van der Waals surface area contributed by atoms with Gasteiger partial charge in [0.15, 0.2) is 0 Å². The summed E-state index contributed by atoms with van der Waals surface area (Å²) in [5.41, 5.74) is 0.512. The van der Waals surface area contributed by atoms with Gasteiger partial charge >= 0.3 is 0 Å². The molecule has 1 heterocycles. The van der Waals surface area contributed by atoms with E-state index in [-0.39, 0.29) is 5.78 Å². The van der Waals surface area contributed by atoms with Crippen LogP contribution in [0.1, 0.15) is 17.4 Å². The lowest BCUT2D eigenvalue weighted by Crippen LogP contribution is -2.27. The molecule has 0 radical (unpaired) electrons. The van der Waals surface area contributed by atoms with Crippen LogP contribution in [-0.2, 0) is 7.05 Å². The van der Waals surface area contributed by atoms with Crippen molar-refractivity contribution in [3.05, 3.63) is 24.3 Å². The molecule has 1 rings (SSSR count). The van der Waals surface area contributed by atoms with Crippen LogP contribution in [0, 0.1) is 0 Å². The highest BCUT2D eigenvalue weighted by Crippen LogP contribution is 1.89. The first-order chi connectivity index (χ1) is 4.70. The van der Waals surface area contributed by atoms with Crippen LogP contribution in [0.25, 0.3) is 0 Å². The number of carbonyl (C=O) groups excluding carboxylic acids is 1. The van der Waals surface area contributed by atoms with Gasteiger partial charge in [-0.25, -0.2) is 4.57 Å². The molecule has 3 heteroatoms. The predicted molar refractivity (Wildman–Crippen MR) is 35.4 cm³/mol. The number of hydrogen-bond donors (Lipinski definition) is 0. The summed E-state index contributed by atoms with van der Waals surface area (Å²) in [6.45, 7) is 1.50. The van der Waals surface area contributed by atoms with Crippen LogP contribution in [0.4, 0.5) is 0 Å². The highest BCUT2D eigenvalue weighted by atomic mass is 16.1. The molecular formula is C7H9N2O+. The molecule has 0 bridgehead atoms. The smallest absolute Gasteiger partial charge is 0.286 e. The molecule has 0 fully saturated rings. The summed E-state index contributed by atoms with van der Waals surface area (Å²) in [6.07, 6.45) is 3.40. The second kappa shape index (κ2) is 2.56. The van der Waals surface area contributed by atoms with E-state index in [0.717, 1.165) is 0 Å². The molecule has 0 aliphatic carbocycles. The minimum atomic E-state index is 0.000556. The first-order valence-electron chi connectivity index (χ1n) is 3.02. The molecule has 10 heavy (non-hydrogen) atoms. The summed E-state index contributed by atoms with van der Waals surface area (Å²) in [7, 11) is 1.86. The Morgan fingerprint density at radius 3 is 2.80 bits per heavy atom. The molecule has 0 saturated heterocycles. The van der Waals surface area contributed by atoms with E-state index < -0.39 is 0 Å². The summed E-state index contributed by atoms with van der Waals surface area (Å²) in [4.78, 5) is 14.6. The summed E-state index contributed by atoms with van der Waals surface area (Å²) >= 11 is 0. The summed E-state index contributed by atoms with van der Waals surface area (Å²) in [6, 6.07) is 1.70. The van der Waals surface area contributed by atoms with E-state index >= 15 is 0 Å². The van der Waals surface area contributed by atoms with Crippen molar-refractivity contribution >= 4 is 5.78 Å². The van der Waals surface area contributed by atoms with Gasteiger partial charge in [-0.3, -0.25) is 4.79 Å². The fourth-order valence-corrected chi connectivity index (χ4v) is 0.631. The third kappa shape index (κ3) is 1.37. The number of nitrogens with zero attached hydrogens (tertiary/aromatic N) is 2. The Bertz CT molecular complexity index is 240. The van der Waals surface area contributed by atoms with Gasteiger partial charge in [-0.1, -0.05) is 0 Å². The van der Waals surface area contributed by atoms with E-state index in [1.54, 1.807) is 23.2 Å². The molecule has 3 nitrogen and oxygen atoms in total. The maximum Gasteiger partial charge on any atom is 0.286 e.